The van der Waals surface area contributed by atoms with Gasteiger partial charge >= 0.3 is 0 Å². The molecule has 0 saturated carbocycles. The van der Waals surface area contributed by atoms with Gasteiger partial charge in [-0.1, -0.05) is 171 Å². The summed E-state index contributed by atoms with van der Waals surface area (Å²) in [6.07, 6.45) is 0. The number of furan rings is 1. The summed E-state index contributed by atoms with van der Waals surface area (Å²) >= 11 is 1.79. The number of hydrogen-bond donors (Lipinski definition) is 0. The maximum Gasteiger partial charge on any atom is 0.164 e. The highest BCUT2D eigenvalue weighted by molar-refractivity contribution is 7.25. The minimum absolute atomic E-state index is 0.197. The second kappa shape index (κ2) is 15.1. The number of hydrogen-bond acceptors (Lipinski definition) is 5. The summed E-state index contributed by atoms with van der Waals surface area (Å²) < 4.78 is 9.08. The Hall–Kier alpha value is -7.99. The summed E-state index contributed by atoms with van der Waals surface area (Å²) in [5.74, 6) is 2.34. The molecule has 12 aromatic rings. The molecule has 0 saturated heterocycles. The number of aromatic nitrogens is 3. The molecule has 3 heterocycles. The van der Waals surface area contributed by atoms with Gasteiger partial charge < -0.3 is 4.42 Å². The zero-order valence-electron chi connectivity index (χ0n) is 35.4. The molecule has 306 valence electrons. The first-order valence-electron chi connectivity index (χ1n) is 22.2. The van der Waals surface area contributed by atoms with Crippen molar-refractivity contribution < 1.29 is 4.42 Å². The fraction of sp³-hybridized carbons (Fsp3) is 0.0500. The zero-order chi connectivity index (χ0) is 43.0. The second-order valence-corrected chi connectivity index (χ2v) is 18.2. The van der Waals surface area contributed by atoms with E-state index in [9.17, 15) is 0 Å². The summed E-state index contributed by atoms with van der Waals surface area (Å²) in [7, 11) is 0. The molecular formula is C60H39N3OS. The van der Waals surface area contributed by atoms with Crippen molar-refractivity contribution in [2.24, 2.45) is 0 Å². The molecule has 9 aromatic carbocycles. The number of rotatable bonds is 6. The molecule has 65 heavy (non-hydrogen) atoms. The van der Waals surface area contributed by atoms with Crippen LogP contribution in [-0.4, -0.2) is 15.0 Å². The molecule has 3 aromatic heterocycles. The van der Waals surface area contributed by atoms with E-state index in [1.54, 1.807) is 11.3 Å². The van der Waals surface area contributed by atoms with Gasteiger partial charge in [-0.15, -0.1) is 11.3 Å². The van der Waals surface area contributed by atoms with Gasteiger partial charge in [0.1, 0.15) is 11.2 Å². The van der Waals surface area contributed by atoms with Gasteiger partial charge in [-0.05, 0) is 98.5 Å². The molecule has 4 nitrogen and oxygen atoms in total. The lowest BCUT2D eigenvalue weighted by molar-refractivity contribution is 0.650. The van der Waals surface area contributed by atoms with Gasteiger partial charge in [0.15, 0.2) is 17.5 Å². The largest absolute Gasteiger partial charge is 0.456 e. The Bertz CT molecular complexity index is 3800. The highest BCUT2D eigenvalue weighted by Gasteiger charge is 2.33. The van der Waals surface area contributed by atoms with Crippen LogP contribution in [0.3, 0.4) is 0 Å². The number of thiophene rings is 1. The molecule has 13 rings (SSSR count). The molecule has 2 unspecified atom stereocenters. The molecule has 0 aliphatic heterocycles. The molecule has 1 aliphatic rings. The van der Waals surface area contributed by atoms with Crippen molar-refractivity contribution in [2.75, 3.05) is 0 Å². The van der Waals surface area contributed by atoms with Gasteiger partial charge in [0.05, 0.1) is 0 Å². The summed E-state index contributed by atoms with van der Waals surface area (Å²) in [6, 6.07) is 73.9. The number of benzene rings is 9. The van der Waals surface area contributed by atoms with Gasteiger partial charge in [-0.25, -0.2) is 15.0 Å². The van der Waals surface area contributed by atoms with E-state index < -0.39 is 0 Å². The molecule has 5 heteroatoms. The van der Waals surface area contributed by atoms with Crippen LogP contribution in [0.5, 0.6) is 0 Å². The predicted octanol–water partition coefficient (Wildman–Crippen LogP) is 16.4. The van der Waals surface area contributed by atoms with Crippen molar-refractivity contribution in [1.82, 2.24) is 15.0 Å². The molecule has 0 amide bonds. The van der Waals surface area contributed by atoms with Gasteiger partial charge in [0.2, 0.25) is 0 Å². The summed E-state index contributed by atoms with van der Waals surface area (Å²) in [5.41, 5.74) is 15.8. The molecule has 0 fully saturated rings. The third-order valence-corrected chi connectivity index (χ3v) is 14.5. The Morgan fingerprint density at radius 2 is 1.03 bits per heavy atom. The molecular weight excluding hydrogens is 811 g/mol. The monoisotopic (exact) mass is 849 g/mol. The van der Waals surface area contributed by atoms with Crippen LogP contribution in [0.4, 0.5) is 0 Å². The molecule has 0 radical (unpaired) electrons. The summed E-state index contributed by atoms with van der Waals surface area (Å²) in [5, 5.41) is 4.51. The molecule has 0 N–H and O–H groups in total. The Balaban J connectivity index is 0.965. The fourth-order valence-corrected chi connectivity index (χ4v) is 11.4. The van der Waals surface area contributed by atoms with E-state index >= 15 is 0 Å². The SMILES string of the molecule is CC1c2ccc(-c3ccccc3)cc2-c2ccc(-c3ccc4oc5cccc(-c6nc(-c7ccccc7)nc(-c7ccc8c(c7)sc7ccccc78)n6)c5c4c3)cc2C1c1ccccc1. The van der Waals surface area contributed by atoms with E-state index in [0.717, 1.165) is 44.2 Å². The van der Waals surface area contributed by atoms with Crippen molar-refractivity contribution in [3.63, 3.8) is 0 Å². The van der Waals surface area contributed by atoms with Crippen LogP contribution in [0, 0.1) is 0 Å². The van der Waals surface area contributed by atoms with Crippen molar-refractivity contribution >= 4 is 53.4 Å². The van der Waals surface area contributed by atoms with Gasteiger partial charge in [-0.2, -0.15) is 0 Å². The first kappa shape index (κ1) is 37.6. The van der Waals surface area contributed by atoms with E-state index in [-0.39, 0.29) is 11.8 Å². The zero-order valence-corrected chi connectivity index (χ0v) is 36.3. The highest BCUT2D eigenvalue weighted by atomic mass is 32.1. The smallest absolute Gasteiger partial charge is 0.164 e. The molecule has 0 spiro atoms. The average Bonchev–Trinajstić information content (AvgIpc) is 3.95. The molecule has 2 atom stereocenters. The number of fused-ring (bicyclic) bond motifs is 9. The second-order valence-electron chi connectivity index (χ2n) is 17.1. The van der Waals surface area contributed by atoms with Crippen molar-refractivity contribution in [3.8, 4) is 67.5 Å². The molecule has 0 bridgehead atoms. The fourth-order valence-electron chi connectivity index (χ4n) is 10.2. The third-order valence-electron chi connectivity index (χ3n) is 13.4. The van der Waals surface area contributed by atoms with Crippen LogP contribution in [-0.2, 0) is 0 Å². The van der Waals surface area contributed by atoms with Crippen molar-refractivity contribution in [1.29, 1.82) is 0 Å². The normalized spacial score (nSPS) is 14.5. The van der Waals surface area contributed by atoms with E-state index in [2.05, 4.69) is 183 Å². The Morgan fingerprint density at radius 1 is 0.385 bits per heavy atom. The lowest BCUT2D eigenvalue weighted by atomic mass is 9.69. The lowest BCUT2D eigenvalue weighted by Crippen LogP contribution is -2.17. The first-order valence-corrected chi connectivity index (χ1v) is 23.0. The third kappa shape index (κ3) is 6.30. The highest BCUT2D eigenvalue weighted by Crippen LogP contribution is 2.51. The van der Waals surface area contributed by atoms with Crippen LogP contribution in [0.1, 0.15) is 35.4 Å². The maximum atomic E-state index is 6.61. The predicted molar refractivity (Wildman–Crippen MR) is 269 cm³/mol. The van der Waals surface area contributed by atoms with Crippen LogP contribution >= 0.6 is 11.3 Å². The Morgan fingerprint density at radius 3 is 1.86 bits per heavy atom. The Labute approximate surface area is 380 Å². The van der Waals surface area contributed by atoms with Crippen LogP contribution < -0.4 is 0 Å². The van der Waals surface area contributed by atoms with E-state index in [1.807, 2.05) is 30.3 Å². The minimum atomic E-state index is 0.197. The van der Waals surface area contributed by atoms with Crippen molar-refractivity contribution in [3.05, 3.63) is 223 Å². The van der Waals surface area contributed by atoms with Gasteiger partial charge in [-0.3, -0.25) is 0 Å². The summed E-state index contributed by atoms with van der Waals surface area (Å²) in [6.45, 7) is 2.39. The van der Waals surface area contributed by atoms with E-state index in [4.69, 9.17) is 19.4 Å². The average molecular weight is 850 g/mol. The molecule has 1 aliphatic carbocycles. The van der Waals surface area contributed by atoms with E-state index in [1.165, 1.54) is 64.7 Å². The van der Waals surface area contributed by atoms with Crippen LogP contribution in [0.15, 0.2) is 211 Å². The minimum Gasteiger partial charge on any atom is -0.456 e. The van der Waals surface area contributed by atoms with Gasteiger partial charge in [0, 0.05) is 53.6 Å². The maximum absolute atomic E-state index is 6.61. The standard InChI is InChI=1S/C60H39N3OS/c1-36-44-28-24-40(37-14-5-2-6-15-37)32-49(44)45-29-25-41(33-50(45)56(36)38-16-7-3-8-17-38)42-27-31-52-51(34-42)57-48(21-13-22-53(57)64-52)60-62-58(39-18-9-4-10-19-39)61-59(63-60)43-26-30-47-46-20-11-12-23-54(46)65-55(47)35-43/h2-36,56H,1H3. The van der Waals surface area contributed by atoms with Crippen molar-refractivity contribution in [2.45, 2.75) is 18.8 Å². The quantitative estimate of drug-likeness (QED) is 0.167. The topological polar surface area (TPSA) is 51.8 Å². The lowest BCUT2D eigenvalue weighted by Gasteiger charge is -2.35. The van der Waals surface area contributed by atoms with Crippen LogP contribution in [0.25, 0.3) is 110 Å². The van der Waals surface area contributed by atoms with E-state index in [0.29, 0.717) is 17.5 Å². The summed E-state index contributed by atoms with van der Waals surface area (Å²) in [4.78, 5) is 15.5. The van der Waals surface area contributed by atoms with Gasteiger partial charge in [0.25, 0.3) is 0 Å². The first-order chi connectivity index (χ1) is 32.1. The number of nitrogens with zero attached hydrogens (tertiary/aromatic N) is 3. The van der Waals surface area contributed by atoms with Crippen LogP contribution in [0.2, 0.25) is 0 Å². The Kier molecular flexibility index (Phi) is 8.71.